The van der Waals surface area contributed by atoms with E-state index in [4.69, 9.17) is 15.8 Å². The zero-order chi connectivity index (χ0) is 59.8. The number of fused-ring (bicyclic) bond motifs is 2. The number of nitrogens with zero attached hydrogens (tertiary/aromatic N) is 11. The summed E-state index contributed by atoms with van der Waals surface area (Å²) in [6, 6.07) is 17.1. The van der Waals surface area contributed by atoms with Crippen LogP contribution >= 0.6 is 0 Å². The lowest BCUT2D eigenvalue weighted by Gasteiger charge is -2.40. The predicted octanol–water partition coefficient (Wildman–Crippen LogP) is 5.60. The molecule has 5 N–H and O–H groups in total. The van der Waals surface area contributed by atoms with Gasteiger partial charge in [0.2, 0.25) is 23.6 Å². The van der Waals surface area contributed by atoms with Crippen molar-refractivity contribution in [1.82, 2.24) is 59.8 Å². The molecule has 0 atom stereocenters. The van der Waals surface area contributed by atoms with E-state index in [1.165, 1.54) is 29.8 Å². The number of carbonyl (C=O) groups excluding carboxylic acids is 6. The molecule has 0 saturated carbocycles. The lowest BCUT2D eigenvalue weighted by molar-refractivity contribution is -0.141. The van der Waals surface area contributed by atoms with Gasteiger partial charge in [-0.2, -0.15) is 10.2 Å². The van der Waals surface area contributed by atoms with Gasteiger partial charge in [-0.15, -0.1) is 0 Å². The number of nitrogens with two attached hydrogens (primary N) is 1. The smallest absolute Gasteiger partial charge is 0.325 e. The number of carbonyl (C=O) groups is 6. The van der Waals surface area contributed by atoms with E-state index in [1.54, 1.807) is 18.5 Å². The first-order valence-electron chi connectivity index (χ1n) is 30.7. The highest BCUT2D eigenvalue weighted by molar-refractivity contribution is 6.00. The maximum Gasteiger partial charge on any atom is 0.325 e. The molecule has 86 heavy (non-hydrogen) atoms. The molecular weight excluding hydrogens is 1100 g/mol. The van der Waals surface area contributed by atoms with Crippen LogP contribution in [0.4, 0.5) is 21.7 Å². The molecule has 11 rings (SSSR count). The summed E-state index contributed by atoms with van der Waals surface area (Å²) in [7, 11) is 1.22. The van der Waals surface area contributed by atoms with Crippen LogP contribution in [0.5, 0.6) is 0 Å². The first kappa shape index (κ1) is 59.7. The van der Waals surface area contributed by atoms with Gasteiger partial charge in [-0.25, -0.2) is 14.4 Å². The van der Waals surface area contributed by atoms with E-state index in [9.17, 15) is 28.8 Å². The molecule has 0 aliphatic carbocycles. The van der Waals surface area contributed by atoms with E-state index in [2.05, 4.69) is 67.4 Å². The lowest BCUT2D eigenvalue weighted by atomic mass is 9.87. The van der Waals surface area contributed by atoms with Crippen LogP contribution in [0.25, 0.3) is 32.9 Å². The topological polar surface area (TPSA) is 251 Å². The van der Waals surface area contributed by atoms with Crippen molar-refractivity contribution < 1.29 is 37.9 Å². The molecule has 8 heterocycles. The van der Waals surface area contributed by atoms with E-state index >= 15 is 4.39 Å². The van der Waals surface area contributed by atoms with Crippen LogP contribution in [0.1, 0.15) is 98.3 Å². The molecule has 23 heteroatoms. The Morgan fingerprint density at radius 2 is 1.37 bits per heavy atom. The van der Waals surface area contributed by atoms with E-state index in [-0.39, 0.29) is 37.2 Å². The molecule has 3 aromatic carbocycles. The summed E-state index contributed by atoms with van der Waals surface area (Å²) in [6.07, 6.45) is 14.2. The van der Waals surface area contributed by atoms with Gasteiger partial charge >= 0.3 is 5.97 Å². The summed E-state index contributed by atoms with van der Waals surface area (Å²) in [6.45, 7) is 11.5. The highest BCUT2D eigenvalue weighted by Crippen LogP contribution is 2.37. The molecule has 5 amide bonds. The van der Waals surface area contributed by atoms with Crippen molar-refractivity contribution in [3.05, 3.63) is 89.8 Å². The number of aromatic nitrogens is 6. The Morgan fingerprint density at radius 1 is 0.686 bits per heavy atom. The number of primary amides is 1. The van der Waals surface area contributed by atoms with Crippen molar-refractivity contribution in [3.8, 4) is 11.1 Å². The van der Waals surface area contributed by atoms with Gasteiger partial charge < -0.3 is 46.0 Å². The largest absolute Gasteiger partial charge is 0.468 e. The standard InChI is InChI=1S/C63H80FN15O7/c1-41-59-49(7-6-8-52(59)79(72-41)39-56(81)66-35-55(80)67-36-58(83)86-2)50-32-53-47(31-51(50)64)33-69-78(53)38-43-13-23-74(24-14-43)40-57(82)76-27-15-42(16-28-76)37-73-25-17-46(18-26-73)63(85)77-29-19-45(20-30-77)44-9-11-48(12-10-44)70-62-60(61(65)84)68-34-54(71-62)75-21-4-3-5-22-75/h6-12,31-34,42-43,45-46H,3-5,13-30,35-40H2,1-2H3,(H2,65,84)(H,66,81)(H,67,80)(H,70,71). The number of ether oxygens (including phenoxy) is 1. The van der Waals surface area contributed by atoms with Crippen molar-refractivity contribution >= 4 is 74.6 Å². The molecule has 0 radical (unpaired) electrons. The second-order valence-corrected chi connectivity index (χ2v) is 24.1. The third-order valence-electron chi connectivity index (χ3n) is 18.4. The molecule has 5 fully saturated rings. The van der Waals surface area contributed by atoms with Gasteiger partial charge in [0.15, 0.2) is 11.5 Å². The highest BCUT2D eigenvalue weighted by Gasteiger charge is 2.34. The van der Waals surface area contributed by atoms with Crippen molar-refractivity contribution in [2.24, 2.45) is 23.5 Å². The molecule has 0 spiro atoms. The Labute approximate surface area is 500 Å². The van der Waals surface area contributed by atoms with Gasteiger partial charge in [-0.3, -0.25) is 43.0 Å². The van der Waals surface area contributed by atoms with Crippen LogP contribution in [0.2, 0.25) is 0 Å². The zero-order valence-corrected chi connectivity index (χ0v) is 49.5. The number of piperidine rings is 5. The number of halogens is 1. The maximum atomic E-state index is 16.0. The monoisotopic (exact) mass is 1180 g/mol. The first-order valence-corrected chi connectivity index (χ1v) is 30.7. The highest BCUT2D eigenvalue weighted by atomic mass is 19.1. The summed E-state index contributed by atoms with van der Waals surface area (Å²) in [5, 5.41) is 18.9. The number of methoxy groups -OCH3 is 1. The number of anilines is 3. The predicted molar refractivity (Wildman–Crippen MR) is 324 cm³/mol. The fourth-order valence-corrected chi connectivity index (χ4v) is 13.4. The minimum absolute atomic E-state index is 0.0652. The number of nitrogens with one attached hydrogen (secondary N) is 3. The van der Waals surface area contributed by atoms with Gasteiger partial charge in [-0.1, -0.05) is 24.3 Å². The number of likely N-dealkylation sites (tertiary alicyclic amines) is 4. The average molecular weight is 1180 g/mol. The molecule has 0 unspecified atom stereocenters. The molecule has 3 aromatic heterocycles. The van der Waals surface area contributed by atoms with Crippen LogP contribution in [-0.4, -0.2) is 183 Å². The van der Waals surface area contributed by atoms with Gasteiger partial charge in [0.1, 0.15) is 24.7 Å². The number of hydrogen-bond donors (Lipinski definition) is 4. The minimum Gasteiger partial charge on any atom is -0.468 e. The second kappa shape index (κ2) is 27.1. The number of benzene rings is 3. The third-order valence-corrected chi connectivity index (χ3v) is 18.4. The van der Waals surface area contributed by atoms with Gasteiger partial charge in [0, 0.05) is 80.3 Å². The number of amides is 5. The second-order valence-electron chi connectivity index (χ2n) is 24.1. The molecular formula is C63H80FN15O7. The van der Waals surface area contributed by atoms with Crippen LogP contribution in [0, 0.1) is 30.5 Å². The Hall–Kier alpha value is -8.05. The van der Waals surface area contributed by atoms with Crippen molar-refractivity contribution in [1.29, 1.82) is 0 Å². The quantitative estimate of drug-likeness (QED) is 0.0721. The lowest BCUT2D eigenvalue weighted by Crippen LogP contribution is -2.48. The summed E-state index contributed by atoms with van der Waals surface area (Å²) < 4.78 is 24.0. The van der Waals surface area contributed by atoms with E-state index < -0.39 is 29.5 Å². The molecule has 5 aliphatic rings. The zero-order valence-electron chi connectivity index (χ0n) is 49.5. The molecule has 0 bridgehead atoms. The molecule has 5 saturated heterocycles. The number of rotatable bonds is 19. The van der Waals surface area contributed by atoms with Gasteiger partial charge in [0.05, 0.1) is 49.3 Å². The molecule has 6 aromatic rings. The third kappa shape index (κ3) is 14.1. The van der Waals surface area contributed by atoms with E-state index in [1.807, 2.05) is 41.9 Å². The number of aryl methyl sites for hydroxylation is 1. The van der Waals surface area contributed by atoms with Crippen molar-refractivity contribution in [2.45, 2.75) is 96.6 Å². The minimum atomic E-state index is -0.624. The number of esters is 1. The molecule has 456 valence electrons. The van der Waals surface area contributed by atoms with Crippen LogP contribution in [-0.2, 0) is 41.8 Å². The molecule has 5 aliphatic heterocycles. The summed E-state index contributed by atoms with van der Waals surface area (Å²) >= 11 is 0. The Balaban J connectivity index is 0.585. The van der Waals surface area contributed by atoms with Gasteiger partial charge in [0.25, 0.3) is 5.91 Å². The van der Waals surface area contributed by atoms with Crippen LogP contribution < -0.4 is 26.6 Å². The fraction of sp³-hybridized carbons (Fsp3) is 0.524. The summed E-state index contributed by atoms with van der Waals surface area (Å²) in [4.78, 5) is 96.3. The average Bonchev–Trinajstić information content (AvgIpc) is 2.34. The van der Waals surface area contributed by atoms with E-state index in [0.717, 1.165) is 153 Å². The first-order chi connectivity index (χ1) is 41.7. The molecule has 22 nitrogen and oxygen atoms in total. The maximum absolute atomic E-state index is 16.0. The fourth-order valence-electron chi connectivity index (χ4n) is 13.4. The van der Waals surface area contributed by atoms with Crippen LogP contribution in [0.3, 0.4) is 0 Å². The van der Waals surface area contributed by atoms with Crippen molar-refractivity contribution in [3.63, 3.8) is 0 Å². The van der Waals surface area contributed by atoms with Crippen LogP contribution in [0.15, 0.2) is 67.0 Å². The SMILES string of the molecule is COC(=O)CNC(=O)CNC(=O)Cn1nc(C)c2c(-c3cc4c(cnn4CC4CCN(CC(=O)N5CCC(CN6CCC(C(=O)N7CCC(c8ccc(Nc9nc(N%10CCCCC%10)cnc9C(N)=O)cc8)CC7)CC6)CC5)CC4)cc3F)cccc21. The summed E-state index contributed by atoms with van der Waals surface area (Å²) in [5.74, 6) is 0.282. The van der Waals surface area contributed by atoms with E-state index in [0.29, 0.717) is 75.7 Å². The summed E-state index contributed by atoms with van der Waals surface area (Å²) in [5.41, 5.74) is 10.9. The van der Waals surface area contributed by atoms with Gasteiger partial charge in [-0.05, 0) is 163 Å². The number of hydrogen-bond acceptors (Lipinski definition) is 15. The Kier molecular flexibility index (Phi) is 18.8. The normalized spacial score (nSPS) is 18.2. The Bertz CT molecular complexity index is 3420. The Morgan fingerprint density at radius 3 is 2.09 bits per heavy atom. The van der Waals surface area contributed by atoms with Crippen molar-refractivity contribution in [2.75, 3.05) is 109 Å².